The molecule has 25 heavy (non-hydrogen) atoms. The average molecular weight is 348 g/mol. The molecule has 136 valence electrons. The molecule has 0 N–H and O–H groups in total. The molecule has 3 rings (SSSR count). The second-order valence-corrected chi connectivity index (χ2v) is 6.53. The Bertz CT molecular complexity index is 639. The van der Waals surface area contributed by atoms with Crippen LogP contribution in [0, 0.1) is 0 Å². The maximum Gasteiger partial charge on any atom is 0.336 e. The molecule has 0 amide bonds. The third kappa shape index (κ3) is 3.77. The van der Waals surface area contributed by atoms with Crippen molar-refractivity contribution in [3.63, 3.8) is 0 Å². The van der Waals surface area contributed by atoms with Crippen LogP contribution in [-0.4, -0.2) is 43.5 Å². The van der Waals surface area contributed by atoms with E-state index in [1.54, 1.807) is 20.1 Å². The van der Waals surface area contributed by atoms with Gasteiger partial charge in [0.05, 0.1) is 5.57 Å². The highest BCUT2D eigenvalue weighted by Crippen LogP contribution is 2.41. The van der Waals surface area contributed by atoms with Crippen LogP contribution in [0.3, 0.4) is 0 Å². The van der Waals surface area contributed by atoms with Crippen LogP contribution in [0.2, 0.25) is 0 Å². The van der Waals surface area contributed by atoms with E-state index in [1.165, 1.54) is 0 Å². The second kappa shape index (κ2) is 7.25. The summed E-state index contributed by atoms with van der Waals surface area (Å²) in [6.45, 7) is 5.64. The van der Waals surface area contributed by atoms with Gasteiger partial charge in [-0.15, -0.1) is 0 Å². The van der Waals surface area contributed by atoms with E-state index in [0.29, 0.717) is 5.57 Å². The zero-order chi connectivity index (χ0) is 18.0. The summed E-state index contributed by atoms with van der Waals surface area (Å²) < 4.78 is 28.4. The summed E-state index contributed by atoms with van der Waals surface area (Å²) in [6, 6.07) is 9.53. The summed E-state index contributed by atoms with van der Waals surface area (Å²) in [5.41, 5.74) is 1.33. The van der Waals surface area contributed by atoms with Crippen LogP contribution in [0.4, 0.5) is 0 Å². The highest BCUT2D eigenvalue weighted by atomic mass is 16.8. The maximum absolute atomic E-state index is 12.6. The number of benzene rings is 1. The monoisotopic (exact) mass is 348 g/mol. The van der Waals surface area contributed by atoms with E-state index in [2.05, 4.69) is 0 Å². The Balaban J connectivity index is 1.71. The van der Waals surface area contributed by atoms with Crippen molar-refractivity contribution in [3.05, 3.63) is 47.5 Å². The Labute approximate surface area is 147 Å². The minimum absolute atomic E-state index is 0.203. The van der Waals surface area contributed by atoms with Crippen LogP contribution >= 0.6 is 0 Å². The first-order valence-corrected chi connectivity index (χ1v) is 8.36. The molecule has 6 heteroatoms. The number of allylic oxidation sites excluding steroid dienone is 1. The second-order valence-electron chi connectivity index (χ2n) is 6.53. The van der Waals surface area contributed by atoms with Gasteiger partial charge in [-0.3, -0.25) is 0 Å². The number of ether oxygens (including phenoxy) is 5. The van der Waals surface area contributed by atoms with Crippen molar-refractivity contribution in [3.8, 4) is 0 Å². The van der Waals surface area contributed by atoms with Crippen molar-refractivity contribution in [2.24, 2.45) is 0 Å². The molecule has 2 aliphatic heterocycles. The Morgan fingerprint density at radius 3 is 2.52 bits per heavy atom. The Morgan fingerprint density at radius 1 is 1.20 bits per heavy atom. The Kier molecular flexibility index (Phi) is 5.24. The van der Waals surface area contributed by atoms with E-state index in [1.807, 2.05) is 44.2 Å². The molecular formula is C19H24O6. The molecule has 2 fully saturated rings. The summed E-state index contributed by atoms with van der Waals surface area (Å²) >= 11 is 0. The quantitative estimate of drug-likeness (QED) is 0.602. The number of fused-ring (bicyclic) bond motifs is 1. The molecule has 4 atom stereocenters. The van der Waals surface area contributed by atoms with Gasteiger partial charge in [0.2, 0.25) is 0 Å². The fourth-order valence-electron chi connectivity index (χ4n) is 3.21. The van der Waals surface area contributed by atoms with Crippen LogP contribution < -0.4 is 0 Å². The first-order valence-electron chi connectivity index (χ1n) is 8.36. The van der Waals surface area contributed by atoms with E-state index >= 15 is 0 Å². The predicted molar refractivity (Wildman–Crippen MR) is 89.5 cm³/mol. The molecule has 0 aromatic heterocycles. The smallest absolute Gasteiger partial charge is 0.336 e. The van der Waals surface area contributed by atoms with Gasteiger partial charge in [-0.2, -0.15) is 0 Å². The molecule has 0 saturated carbocycles. The number of esters is 1. The summed E-state index contributed by atoms with van der Waals surface area (Å²) in [5.74, 6) is -1.18. The average Bonchev–Trinajstić information content (AvgIpc) is 3.08. The van der Waals surface area contributed by atoms with Gasteiger partial charge >= 0.3 is 5.97 Å². The molecule has 0 radical (unpaired) electrons. The third-order valence-corrected chi connectivity index (χ3v) is 4.31. The summed E-state index contributed by atoms with van der Waals surface area (Å²) in [7, 11) is 1.54. The largest absolute Gasteiger partial charge is 0.457 e. The minimum Gasteiger partial charge on any atom is -0.457 e. The van der Waals surface area contributed by atoms with E-state index in [0.717, 1.165) is 5.56 Å². The van der Waals surface area contributed by atoms with Crippen LogP contribution in [0.5, 0.6) is 0 Å². The van der Waals surface area contributed by atoms with Gasteiger partial charge in [0.1, 0.15) is 24.9 Å². The van der Waals surface area contributed by atoms with Gasteiger partial charge < -0.3 is 23.7 Å². The molecule has 0 spiro atoms. The van der Waals surface area contributed by atoms with Gasteiger partial charge in [-0.1, -0.05) is 36.4 Å². The van der Waals surface area contributed by atoms with Crippen molar-refractivity contribution < 1.29 is 28.5 Å². The SMILES string of the molecule is C/C=C(/C(=O)OCc1ccccc1)[C@H]1O[C@@H](OC)[C@@H]2OC(C)(C)O[C@@H]21. The molecule has 6 nitrogen and oxygen atoms in total. The van der Waals surface area contributed by atoms with Crippen molar-refractivity contribution >= 4 is 5.97 Å². The summed E-state index contributed by atoms with van der Waals surface area (Å²) in [4.78, 5) is 12.6. The highest BCUT2D eigenvalue weighted by Gasteiger charge is 2.57. The highest BCUT2D eigenvalue weighted by molar-refractivity contribution is 5.89. The van der Waals surface area contributed by atoms with Gasteiger partial charge in [0, 0.05) is 7.11 Å². The Hall–Kier alpha value is -1.73. The lowest BCUT2D eigenvalue weighted by Crippen LogP contribution is -2.34. The predicted octanol–water partition coefficient (Wildman–Crippen LogP) is 2.57. The molecule has 2 saturated heterocycles. The number of carbonyl (C=O) groups is 1. The Morgan fingerprint density at radius 2 is 1.88 bits per heavy atom. The molecular weight excluding hydrogens is 324 g/mol. The first kappa shape index (κ1) is 18.1. The van der Waals surface area contributed by atoms with E-state index in [4.69, 9.17) is 23.7 Å². The van der Waals surface area contributed by atoms with Crippen molar-refractivity contribution in [2.45, 2.75) is 57.8 Å². The number of rotatable bonds is 5. The first-order chi connectivity index (χ1) is 11.9. The lowest BCUT2D eigenvalue weighted by Gasteiger charge is -2.24. The van der Waals surface area contributed by atoms with Gasteiger partial charge in [-0.25, -0.2) is 4.79 Å². The number of hydrogen-bond acceptors (Lipinski definition) is 6. The molecule has 2 aliphatic rings. The fourth-order valence-corrected chi connectivity index (χ4v) is 3.21. The van der Waals surface area contributed by atoms with Crippen molar-refractivity contribution in [1.82, 2.24) is 0 Å². The van der Waals surface area contributed by atoms with E-state index in [-0.39, 0.29) is 12.7 Å². The minimum atomic E-state index is -0.749. The molecule has 2 heterocycles. The normalized spacial score (nSPS) is 31.0. The fraction of sp³-hybridized carbons (Fsp3) is 0.526. The van der Waals surface area contributed by atoms with Crippen LogP contribution in [0.25, 0.3) is 0 Å². The maximum atomic E-state index is 12.6. The summed E-state index contributed by atoms with van der Waals surface area (Å²) in [5, 5.41) is 0. The zero-order valence-electron chi connectivity index (χ0n) is 14.9. The van der Waals surface area contributed by atoms with E-state index < -0.39 is 30.3 Å². The number of carbonyl (C=O) groups excluding carboxylic acids is 1. The summed E-state index contributed by atoms with van der Waals surface area (Å²) in [6.07, 6.45) is -0.294. The molecule has 0 bridgehead atoms. The number of methoxy groups -OCH3 is 1. The topological polar surface area (TPSA) is 63.2 Å². The van der Waals surface area contributed by atoms with Gasteiger partial charge in [-0.05, 0) is 26.3 Å². The van der Waals surface area contributed by atoms with Crippen LogP contribution in [0.15, 0.2) is 42.0 Å². The lowest BCUT2D eigenvalue weighted by molar-refractivity contribution is -0.223. The molecule has 0 aliphatic carbocycles. The molecule has 0 unspecified atom stereocenters. The van der Waals surface area contributed by atoms with Crippen LogP contribution in [0.1, 0.15) is 26.3 Å². The molecule has 1 aromatic carbocycles. The van der Waals surface area contributed by atoms with Gasteiger partial charge in [0.25, 0.3) is 0 Å². The zero-order valence-corrected chi connectivity index (χ0v) is 14.9. The lowest BCUT2D eigenvalue weighted by atomic mass is 10.0. The van der Waals surface area contributed by atoms with Gasteiger partial charge in [0.15, 0.2) is 12.1 Å². The number of hydrogen-bond donors (Lipinski definition) is 0. The van der Waals surface area contributed by atoms with Crippen LogP contribution in [-0.2, 0) is 35.1 Å². The molecule has 1 aromatic rings. The third-order valence-electron chi connectivity index (χ3n) is 4.31. The van der Waals surface area contributed by atoms with E-state index in [9.17, 15) is 4.79 Å². The standard InChI is InChI=1S/C19H24O6/c1-5-13(17(20)22-11-12-9-7-6-8-10-12)14-15-16(18(21-4)23-14)25-19(2,3)24-15/h5-10,14-16,18H,11H2,1-4H3/b13-5+/t14-,15-,16-,18-/m1/s1. The van der Waals surface area contributed by atoms with Crippen molar-refractivity contribution in [1.29, 1.82) is 0 Å². The van der Waals surface area contributed by atoms with Crippen molar-refractivity contribution in [2.75, 3.05) is 7.11 Å².